The standard InChI is InChI=1S/C17H26N2O9/c18-11(17(26)27)5-9-1-3-10(4-2-9)28-8-14(23)19-6-12(21)15(24)16(25)13(22)7-20/h1-4,11-13,15-16,20-22,24-25H,5-8,18H2,(H,19,23)(H,26,27)/t11-,12-,13+,15+,16?/m0/s1. The third-order valence-corrected chi connectivity index (χ3v) is 3.90. The first-order valence-corrected chi connectivity index (χ1v) is 8.45. The number of aliphatic hydroxyl groups is 5. The van der Waals surface area contributed by atoms with Crippen molar-refractivity contribution >= 4 is 11.9 Å². The topological polar surface area (TPSA) is 203 Å². The van der Waals surface area contributed by atoms with E-state index in [4.69, 9.17) is 20.7 Å². The average molecular weight is 402 g/mol. The van der Waals surface area contributed by atoms with Crippen molar-refractivity contribution in [3.8, 4) is 5.75 Å². The molecule has 11 heteroatoms. The lowest BCUT2D eigenvalue weighted by atomic mass is 10.0. The summed E-state index contributed by atoms with van der Waals surface area (Å²) in [7, 11) is 0. The first-order valence-electron chi connectivity index (χ1n) is 8.45. The van der Waals surface area contributed by atoms with E-state index in [-0.39, 0.29) is 6.42 Å². The lowest BCUT2D eigenvalue weighted by molar-refractivity contribution is -0.138. The van der Waals surface area contributed by atoms with E-state index in [1.165, 1.54) is 0 Å². The van der Waals surface area contributed by atoms with Crippen LogP contribution in [0.25, 0.3) is 0 Å². The van der Waals surface area contributed by atoms with Crippen molar-refractivity contribution < 1.29 is 45.0 Å². The zero-order valence-electron chi connectivity index (χ0n) is 15.0. The Bertz CT molecular complexity index is 626. The van der Waals surface area contributed by atoms with Crippen LogP contribution in [0.1, 0.15) is 5.56 Å². The van der Waals surface area contributed by atoms with Crippen LogP contribution < -0.4 is 15.8 Å². The molecule has 1 amide bonds. The Morgan fingerprint density at radius 3 is 2.14 bits per heavy atom. The van der Waals surface area contributed by atoms with Gasteiger partial charge in [0.2, 0.25) is 0 Å². The minimum Gasteiger partial charge on any atom is -0.484 e. The smallest absolute Gasteiger partial charge is 0.320 e. The molecule has 158 valence electrons. The number of benzene rings is 1. The van der Waals surface area contributed by atoms with Crippen LogP contribution >= 0.6 is 0 Å². The second-order valence-corrected chi connectivity index (χ2v) is 6.18. The number of hydrogen-bond acceptors (Lipinski definition) is 9. The van der Waals surface area contributed by atoms with Gasteiger partial charge in [-0.3, -0.25) is 9.59 Å². The molecule has 1 aromatic rings. The number of amides is 1. The molecule has 0 aromatic heterocycles. The zero-order chi connectivity index (χ0) is 21.3. The number of aliphatic hydroxyl groups excluding tert-OH is 5. The van der Waals surface area contributed by atoms with Crippen LogP contribution in [-0.2, 0) is 16.0 Å². The number of carboxylic acids is 1. The average Bonchev–Trinajstić information content (AvgIpc) is 2.69. The quantitative estimate of drug-likeness (QED) is 0.174. The molecule has 0 aliphatic carbocycles. The van der Waals surface area contributed by atoms with Gasteiger partial charge in [0.15, 0.2) is 6.61 Å². The predicted molar refractivity (Wildman–Crippen MR) is 95.4 cm³/mol. The highest BCUT2D eigenvalue weighted by molar-refractivity contribution is 5.77. The lowest BCUT2D eigenvalue weighted by Crippen LogP contribution is -2.50. The van der Waals surface area contributed by atoms with Gasteiger partial charge in [-0.2, -0.15) is 0 Å². The van der Waals surface area contributed by atoms with Crippen LogP contribution in [0.4, 0.5) is 0 Å². The molecule has 9 N–H and O–H groups in total. The van der Waals surface area contributed by atoms with E-state index in [2.05, 4.69) is 5.32 Å². The maximum Gasteiger partial charge on any atom is 0.320 e. The van der Waals surface area contributed by atoms with E-state index in [1.807, 2.05) is 0 Å². The SMILES string of the molecule is N[C@@H](Cc1ccc(OCC(=O)NC[C@H](O)[C@@H](O)C(O)[C@H](O)CO)cc1)C(=O)O. The van der Waals surface area contributed by atoms with Gasteiger partial charge in [-0.15, -0.1) is 0 Å². The summed E-state index contributed by atoms with van der Waals surface area (Å²) in [6, 6.07) is 5.30. The van der Waals surface area contributed by atoms with Crippen LogP contribution in [-0.4, -0.2) is 92.7 Å². The number of aliphatic carboxylic acids is 1. The first-order chi connectivity index (χ1) is 13.1. The number of ether oxygens (including phenoxy) is 1. The summed E-state index contributed by atoms with van der Waals surface area (Å²) in [4.78, 5) is 22.4. The van der Waals surface area contributed by atoms with Crippen molar-refractivity contribution in [3.63, 3.8) is 0 Å². The Labute approximate surface area is 161 Å². The van der Waals surface area contributed by atoms with Gasteiger partial charge >= 0.3 is 5.97 Å². The summed E-state index contributed by atoms with van der Waals surface area (Å²) in [5.41, 5.74) is 6.13. The monoisotopic (exact) mass is 402 g/mol. The van der Waals surface area contributed by atoms with Gasteiger partial charge in [-0.05, 0) is 24.1 Å². The summed E-state index contributed by atoms with van der Waals surface area (Å²) in [5.74, 6) is -1.37. The number of nitrogens with one attached hydrogen (secondary N) is 1. The third kappa shape index (κ3) is 7.76. The number of hydrogen-bond donors (Lipinski definition) is 8. The molecule has 0 aliphatic heterocycles. The first kappa shape index (κ1) is 23.8. The van der Waals surface area contributed by atoms with Crippen molar-refractivity contribution in [1.29, 1.82) is 0 Å². The van der Waals surface area contributed by atoms with Gasteiger partial charge in [-0.1, -0.05) is 12.1 Å². The molecule has 0 fully saturated rings. The van der Waals surface area contributed by atoms with E-state index in [1.54, 1.807) is 24.3 Å². The minimum atomic E-state index is -1.78. The molecule has 1 unspecified atom stereocenters. The van der Waals surface area contributed by atoms with Gasteiger partial charge in [-0.25, -0.2) is 0 Å². The van der Waals surface area contributed by atoms with E-state index < -0.39 is 62.1 Å². The van der Waals surface area contributed by atoms with Crippen LogP contribution in [0.15, 0.2) is 24.3 Å². The van der Waals surface area contributed by atoms with Crippen LogP contribution in [0.5, 0.6) is 5.75 Å². The molecule has 28 heavy (non-hydrogen) atoms. The Morgan fingerprint density at radius 1 is 1.04 bits per heavy atom. The second-order valence-electron chi connectivity index (χ2n) is 6.18. The summed E-state index contributed by atoms with van der Waals surface area (Å²) in [6.45, 7) is -1.60. The van der Waals surface area contributed by atoms with E-state index in [0.29, 0.717) is 11.3 Å². The molecule has 1 rings (SSSR count). The number of carbonyl (C=O) groups is 2. The van der Waals surface area contributed by atoms with E-state index >= 15 is 0 Å². The third-order valence-electron chi connectivity index (χ3n) is 3.90. The Hall–Kier alpha value is -2.28. The van der Waals surface area contributed by atoms with Crippen molar-refractivity contribution in [1.82, 2.24) is 5.32 Å². The lowest BCUT2D eigenvalue weighted by Gasteiger charge is -2.25. The number of carbonyl (C=O) groups excluding carboxylic acids is 1. The summed E-state index contributed by atoms with van der Waals surface area (Å²) in [6.07, 6.45) is -6.60. The highest BCUT2D eigenvalue weighted by Crippen LogP contribution is 2.13. The van der Waals surface area contributed by atoms with Gasteiger partial charge in [0.25, 0.3) is 5.91 Å². The summed E-state index contributed by atoms with van der Waals surface area (Å²) in [5, 5.41) is 57.8. The molecule has 0 saturated heterocycles. The van der Waals surface area contributed by atoms with Gasteiger partial charge < -0.3 is 46.4 Å². The van der Waals surface area contributed by atoms with Crippen molar-refractivity contribution in [2.45, 2.75) is 36.9 Å². The van der Waals surface area contributed by atoms with Crippen molar-refractivity contribution in [3.05, 3.63) is 29.8 Å². The van der Waals surface area contributed by atoms with E-state index in [9.17, 15) is 30.0 Å². The highest BCUT2D eigenvalue weighted by Gasteiger charge is 2.30. The van der Waals surface area contributed by atoms with Crippen LogP contribution in [0, 0.1) is 0 Å². The molecule has 11 nitrogen and oxygen atoms in total. The number of carboxylic acid groups (broad SMARTS) is 1. The highest BCUT2D eigenvalue weighted by atomic mass is 16.5. The zero-order valence-corrected chi connectivity index (χ0v) is 15.0. The Balaban J connectivity index is 2.39. The minimum absolute atomic E-state index is 0.146. The molecule has 0 heterocycles. The maximum atomic E-state index is 11.7. The largest absolute Gasteiger partial charge is 0.484 e. The second kappa shape index (κ2) is 11.5. The normalized spacial score (nSPS) is 16.5. The van der Waals surface area contributed by atoms with Crippen LogP contribution in [0.3, 0.4) is 0 Å². The molecule has 0 spiro atoms. The summed E-state index contributed by atoms with van der Waals surface area (Å²) >= 11 is 0. The molecule has 0 aliphatic rings. The fourth-order valence-electron chi connectivity index (χ4n) is 2.17. The van der Waals surface area contributed by atoms with Crippen LogP contribution in [0.2, 0.25) is 0 Å². The van der Waals surface area contributed by atoms with Crippen molar-refractivity contribution in [2.75, 3.05) is 19.8 Å². The van der Waals surface area contributed by atoms with Gasteiger partial charge in [0, 0.05) is 6.54 Å². The van der Waals surface area contributed by atoms with Gasteiger partial charge in [0.05, 0.1) is 12.7 Å². The van der Waals surface area contributed by atoms with Crippen molar-refractivity contribution in [2.24, 2.45) is 5.73 Å². The molecular formula is C17H26N2O9. The molecule has 5 atom stereocenters. The molecular weight excluding hydrogens is 376 g/mol. The number of nitrogens with two attached hydrogens (primary N) is 1. The van der Waals surface area contributed by atoms with E-state index in [0.717, 1.165) is 0 Å². The fraction of sp³-hybridized carbons (Fsp3) is 0.529. The molecule has 0 bridgehead atoms. The van der Waals surface area contributed by atoms with Gasteiger partial charge in [0.1, 0.15) is 30.1 Å². The number of rotatable bonds is 12. The maximum absolute atomic E-state index is 11.7. The summed E-state index contributed by atoms with van der Waals surface area (Å²) < 4.78 is 5.24. The molecule has 1 aromatic carbocycles. The fourth-order valence-corrected chi connectivity index (χ4v) is 2.17. The molecule has 0 radical (unpaired) electrons. The predicted octanol–water partition coefficient (Wildman–Crippen LogP) is -3.43. The Kier molecular flexibility index (Phi) is 9.79. The Morgan fingerprint density at radius 2 is 1.61 bits per heavy atom. The molecule has 0 saturated carbocycles.